The average molecular weight is 592 g/mol. The minimum atomic E-state index is -4.48. The minimum Gasteiger partial charge on any atom is -0.497 e. The molecule has 1 amide bonds. The van der Waals surface area contributed by atoms with Crippen molar-refractivity contribution in [2.45, 2.75) is 12.7 Å². The molecule has 0 saturated carbocycles. The smallest absolute Gasteiger partial charge is 0.416 e. The van der Waals surface area contributed by atoms with Gasteiger partial charge in [0.1, 0.15) is 11.5 Å². The minimum absolute atomic E-state index is 0.235. The summed E-state index contributed by atoms with van der Waals surface area (Å²) in [5.41, 5.74) is 5.63. The summed E-state index contributed by atoms with van der Waals surface area (Å²) < 4.78 is 51.0. The van der Waals surface area contributed by atoms with Crippen molar-refractivity contribution in [1.29, 1.82) is 0 Å². The number of carbonyl (C=O) groups excluding carboxylic acids is 1. The van der Waals surface area contributed by atoms with E-state index in [1.54, 1.807) is 19.1 Å². The quantitative estimate of drug-likeness (QED) is 0.178. The van der Waals surface area contributed by atoms with Gasteiger partial charge in [0.15, 0.2) is 0 Å². The van der Waals surface area contributed by atoms with Gasteiger partial charge in [-0.25, -0.2) is 0 Å². The van der Waals surface area contributed by atoms with E-state index in [1.807, 2.05) is 97.1 Å². The molecule has 0 atom stereocenters. The van der Waals surface area contributed by atoms with Crippen LogP contribution in [0.5, 0.6) is 11.5 Å². The van der Waals surface area contributed by atoms with E-state index in [-0.39, 0.29) is 5.91 Å². The Hall–Kier alpha value is -5.30. The van der Waals surface area contributed by atoms with Crippen LogP contribution in [0.3, 0.4) is 0 Å². The number of nitrogens with zero attached hydrogens (tertiary/aromatic N) is 1. The van der Waals surface area contributed by atoms with Crippen LogP contribution in [0.25, 0.3) is 22.3 Å². The first-order valence-corrected chi connectivity index (χ1v) is 14.0. The molecule has 0 fully saturated rings. The summed E-state index contributed by atoms with van der Waals surface area (Å²) in [4.78, 5) is 16.2. The molecule has 0 N–H and O–H groups in total. The third-order valence-electron chi connectivity index (χ3n) is 7.75. The van der Waals surface area contributed by atoms with Crippen molar-refractivity contribution >= 4 is 22.7 Å². The first kappa shape index (κ1) is 28.8. The molecule has 6 rings (SSSR count). The van der Waals surface area contributed by atoms with E-state index in [9.17, 15) is 18.0 Å². The van der Waals surface area contributed by atoms with Crippen molar-refractivity contribution in [3.63, 3.8) is 0 Å². The third-order valence-corrected chi connectivity index (χ3v) is 7.75. The predicted octanol–water partition coefficient (Wildman–Crippen LogP) is 8.90. The number of rotatable bonds is 7. The van der Waals surface area contributed by atoms with E-state index in [4.69, 9.17) is 9.47 Å². The van der Waals surface area contributed by atoms with Crippen LogP contribution >= 0.6 is 0 Å². The van der Waals surface area contributed by atoms with E-state index in [0.29, 0.717) is 34.6 Å². The van der Waals surface area contributed by atoms with Gasteiger partial charge < -0.3 is 14.4 Å². The number of carbonyl (C=O) groups is 1. The molecular formula is C37H28F3NO3. The van der Waals surface area contributed by atoms with Gasteiger partial charge in [0.05, 0.1) is 37.6 Å². The summed E-state index contributed by atoms with van der Waals surface area (Å²) in [5.74, 6) is 1.20. The zero-order valence-electron chi connectivity index (χ0n) is 24.1. The Morgan fingerprint density at radius 1 is 0.682 bits per heavy atom. The topological polar surface area (TPSA) is 38.8 Å². The molecule has 4 nitrogen and oxygen atoms in total. The second kappa shape index (κ2) is 11.8. The van der Waals surface area contributed by atoms with E-state index < -0.39 is 11.7 Å². The molecule has 0 unspecified atom stereocenters. The van der Waals surface area contributed by atoms with Crippen LogP contribution in [0.15, 0.2) is 121 Å². The van der Waals surface area contributed by atoms with Crippen LogP contribution in [-0.4, -0.2) is 20.1 Å². The number of halogens is 3. The molecular weight excluding hydrogens is 563 g/mol. The summed E-state index contributed by atoms with van der Waals surface area (Å²) in [6.45, 7) is 0.302. The normalized spacial score (nSPS) is 13.9. The van der Waals surface area contributed by atoms with Gasteiger partial charge in [-0.1, -0.05) is 72.8 Å². The molecule has 44 heavy (non-hydrogen) atoms. The summed E-state index contributed by atoms with van der Waals surface area (Å²) in [5, 5.41) is 0. The van der Waals surface area contributed by atoms with Crippen LogP contribution in [-0.2, 0) is 17.5 Å². The first-order chi connectivity index (χ1) is 21.3. The first-order valence-electron chi connectivity index (χ1n) is 14.0. The molecule has 1 aliphatic heterocycles. The Morgan fingerprint density at radius 3 is 1.84 bits per heavy atom. The molecule has 5 aromatic rings. The highest BCUT2D eigenvalue weighted by atomic mass is 19.4. The Kier molecular flexibility index (Phi) is 7.70. The fourth-order valence-electron chi connectivity index (χ4n) is 5.49. The van der Waals surface area contributed by atoms with Crippen LogP contribution in [0, 0.1) is 0 Å². The summed E-state index contributed by atoms with van der Waals surface area (Å²) >= 11 is 0. The molecule has 7 heteroatoms. The Labute approximate surface area is 253 Å². The molecule has 1 aliphatic rings. The monoisotopic (exact) mass is 591 g/mol. The van der Waals surface area contributed by atoms with Crippen LogP contribution in [0.2, 0.25) is 0 Å². The Bertz CT molecular complexity index is 1830. The zero-order chi connectivity index (χ0) is 30.8. The lowest BCUT2D eigenvalue weighted by molar-refractivity contribution is -0.137. The summed E-state index contributed by atoms with van der Waals surface area (Å²) in [6, 6.07) is 35.3. The number of ether oxygens (including phenoxy) is 2. The zero-order valence-corrected chi connectivity index (χ0v) is 24.1. The van der Waals surface area contributed by atoms with Gasteiger partial charge in [-0.2, -0.15) is 13.2 Å². The molecule has 220 valence electrons. The van der Waals surface area contributed by atoms with Gasteiger partial charge in [-0.15, -0.1) is 0 Å². The maximum absolute atomic E-state index is 14.5. The largest absolute Gasteiger partial charge is 0.497 e. The predicted molar refractivity (Wildman–Crippen MR) is 166 cm³/mol. The van der Waals surface area contributed by atoms with Gasteiger partial charge in [0, 0.05) is 11.1 Å². The number of methoxy groups -OCH3 is 2. The lowest BCUT2D eigenvalue weighted by Gasteiger charge is -2.18. The van der Waals surface area contributed by atoms with Gasteiger partial charge in [0.2, 0.25) is 0 Å². The number of hydrogen-bond donors (Lipinski definition) is 0. The van der Waals surface area contributed by atoms with Crippen molar-refractivity contribution in [1.82, 2.24) is 0 Å². The number of amides is 1. The number of benzene rings is 5. The van der Waals surface area contributed by atoms with Gasteiger partial charge >= 0.3 is 6.18 Å². The molecule has 1 heterocycles. The molecule has 0 aromatic heterocycles. The SMILES string of the molecule is COc1ccc(CN2C(=O)C(=C(c3ccccc3)c3ccc(C(F)(F)F)cc3)c3cc(-c4ccc(OC)cc4)ccc32)cc1. The van der Waals surface area contributed by atoms with Crippen molar-refractivity contribution in [3.8, 4) is 22.6 Å². The molecule has 5 aromatic carbocycles. The van der Waals surface area contributed by atoms with Crippen molar-refractivity contribution in [2.75, 3.05) is 19.1 Å². The fraction of sp³-hybridized carbons (Fsp3) is 0.108. The summed E-state index contributed by atoms with van der Waals surface area (Å²) in [7, 11) is 3.20. The Balaban J connectivity index is 1.56. The second-order valence-corrected chi connectivity index (χ2v) is 10.4. The number of anilines is 1. The van der Waals surface area contributed by atoms with Crippen LogP contribution < -0.4 is 14.4 Å². The second-order valence-electron chi connectivity index (χ2n) is 10.4. The number of hydrogen-bond acceptors (Lipinski definition) is 3. The van der Waals surface area contributed by atoms with Gasteiger partial charge in [-0.3, -0.25) is 4.79 Å². The lowest BCUT2D eigenvalue weighted by Crippen LogP contribution is -2.26. The fourth-order valence-corrected chi connectivity index (χ4v) is 5.49. The third kappa shape index (κ3) is 5.56. The molecule has 0 bridgehead atoms. The van der Waals surface area contributed by atoms with E-state index in [1.165, 1.54) is 12.1 Å². The molecule has 0 saturated heterocycles. The highest BCUT2D eigenvalue weighted by molar-refractivity contribution is 6.39. The molecule has 0 radical (unpaired) electrons. The highest BCUT2D eigenvalue weighted by Crippen LogP contribution is 2.45. The van der Waals surface area contributed by atoms with E-state index in [0.717, 1.165) is 45.8 Å². The molecule has 0 spiro atoms. The maximum Gasteiger partial charge on any atom is 0.416 e. The maximum atomic E-state index is 14.5. The number of alkyl halides is 3. The average Bonchev–Trinajstić information content (AvgIpc) is 3.31. The molecule has 0 aliphatic carbocycles. The van der Waals surface area contributed by atoms with Crippen molar-refractivity contribution in [3.05, 3.63) is 149 Å². The van der Waals surface area contributed by atoms with E-state index in [2.05, 4.69) is 0 Å². The van der Waals surface area contributed by atoms with Crippen LogP contribution in [0.1, 0.15) is 27.8 Å². The van der Waals surface area contributed by atoms with Gasteiger partial charge in [-0.05, 0) is 76.3 Å². The lowest BCUT2D eigenvalue weighted by atomic mass is 9.88. The standard InChI is InChI=1S/C37H28F3NO3/c1-43-30-17-8-24(9-18-30)23-41-33-21-14-28(25-12-19-31(44-2)20-13-25)22-32(33)35(36(41)42)34(26-6-4-3-5-7-26)27-10-15-29(16-11-27)37(38,39)40/h3-22H,23H2,1-2H3. The van der Waals surface area contributed by atoms with Gasteiger partial charge in [0.25, 0.3) is 5.91 Å². The van der Waals surface area contributed by atoms with Crippen LogP contribution in [0.4, 0.5) is 18.9 Å². The Morgan fingerprint density at radius 2 is 1.25 bits per heavy atom. The van der Waals surface area contributed by atoms with Crippen molar-refractivity contribution in [2.24, 2.45) is 0 Å². The number of fused-ring (bicyclic) bond motifs is 1. The van der Waals surface area contributed by atoms with Crippen molar-refractivity contribution < 1.29 is 27.4 Å². The summed E-state index contributed by atoms with van der Waals surface area (Å²) in [6.07, 6.45) is -4.48. The highest BCUT2D eigenvalue weighted by Gasteiger charge is 2.36. The van der Waals surface area contributed by atoms with E-state index >= 15 is 0 Å².